The SMILES string of the molecule is Cn1nc(C(=O)NC(C)(C)CO)c2c1CCN(C(=O)OC(C)(C)C)C2. The lowest BCUT2D eigenvalue weighted by atomic mass is 10.0. The number of hydrogen-bond acceptors (Lipinski definition) is 5. The first kappa shape index (κ1) is 19.2. The van der Waals surface area contributed by atoms with Crippen molar-refractivity contribution in [3.63, 3.8) is 0 Å². The number of rotatable bonds is 3. The van der Waals surface area contributed by atoms with E-state index in [2.05, 4.69) is 10.4 Å². The van der Waals surface area contributed by atoms with Crippen molar-refractivity contribution in [3.8, 4) is 0 Å². The lowest BCUT2D eigenvalue weighted by Gasteiger charge is -2.30. The van der Waals surface area contributed by atoms with Gasteiger partial charge in [0.15, 0.2) is 5.69 Å². The van der Waals surface area contributed by atoms with Gasteiger partial charge < -0.3 is 20.1 Å². The highest BCUT2D eigenvalue weighted by atomic mass is 16.6. The van der Waals surface area contributed by atoms with Gasteiger partial charge in [0.2, 0.25) is 0 Å². The number of carbonyl (C=O) groups excluding carboxylic acids is 2. The summed E-state index contributed by atoms with van der Waals surface area (Å²) in [4.78, 5) is 26.5. The van der Waals surface area contributed by atoms with Crippen molar-refractivity contribution in [2.45, 2.75) is 58.7 Å². The number of nitrogens with zero attached hydrogens (tertiary/aromatic N) is 3. The second kappa shape index (κ2) is 6.67. The standard InChI is InChI=1S/C17H28N4O4/c1-16(2,3)25-15(24)21-8-7-12-11(9-21)13(19-20(12)6)14(23)18-17(4,5)10-22/h22H,7-10H2,1-6H3,(H,18,23). The van der Waals surface area contributed by atoms with E-state index in [9.17, 15) is 14.7 Å². The van der Waals surface area contributed by atoms with Crippen LogP contribution in [0.15, 0.2) is 0 Å². The molecular formula is C17H28N4O4. The summed E-state index contributed by atoms with van der Waals surface area (Å²) in [5, 5.41) is 16.4. The summed E-state index contributed by atoms with van der Waals surface area (Å²) < 4.78 is 7.11. The van der Waals surface area contributed by atoms with Crippen molar-refractivity contribution in [2.75, 3.05) is 13.2 Å². The van der Waals surface area contributed by atoms with Gasteiger partial charge >= 0.3 is 6.09 Å². The molecule has 0 aromatic carbocycles. The minimum absolute atomic E-state index is 0.183. The van der Waals surface area contributed by atoms with E-state index in [4.69, 9.17) is 4.74 Å². The van der Waals surface area contributed by atoms with Gasteiger partial charge in [0, 0.05) is 31.3 Å². The molecule has 0 radical (unpaired) electrons. The Kier molecular flexibility index (Phi) is 5.13. The number of aryl methyl sites for hydroxylation is 1. The van der Waals surface area contributed by atoms with E-state index in [1.54, 1.807) is 30.5 Å². The Morgan fingerprint density at radius 2 is 1.92 bits per heavy atom. The van der Waals surface area contributed by atoms with Gasteiger partial charge in [0.1, 0.15) is 5.60 Å². The van der Waals surface area contributed by atoms with Crippen LogP contribution in [0.25, 0.3) is 0 Å². The molecule has 0 fully saturated rings. The lowest BCUT2D eigenvalue weighted by molar-refractivity contribution is 0.0221. The average molecular weight is 352 g/mol. The minimum Gasteiger partial charge on any atom is -0.444 e. The first-order valence-electron chi connectivity index (χ1n) is 8.39. The van der Waals surface area contributed by atoms with Gasteiger partial charge in [-0.15, -0.1) is 0 Å². The smallest absolute Gasteiger partial charge is 0.410 e. The van der Waals surface area contributed by atoms with Crippen LogP contribution in [0, 0.1) is 0 Å². The summed E-state index contributed by atoms with van der Waals surface area (Å²) in [6, 6.07) is 0. The Morgan fingerprint density at radius 3 is 2.48 bits per heavy atom. The largest absolute Gasteiger partial charge is 0.444 e. The van der Waals surface area contributed by atoms with Crippen molar-refractivity contribution in [1.82, 2.24) is 20.0 Å². The summed E-state index contributed by atoms with van der Waals surface area (Å²) in [6.07, 6.45) is 0.207. The zero-order valence-corrected chi connectivity index (χ0v) is 15.8. The Hall–Kier alpha value is -2.09. The zero-order valence-electron chi connectivity index (χ0n) is 15.8. The summed E-state index contributed by atoms with van der Waals surface area (Å²) in [5.41, 5.74) is 0.628. The van der Waals surface area contributed by atoms with Gasteiger partial charge in [-0.25, -0.2) is 4.79 Å². The first-order chi connectivity index (χ1) is 11.4. The molecule has 0 spiro atoms. The highest BCUT2D eigenvalue weighted by Gasteiger charge is 2.32. The number of carbonyl (C=O) groups is 2. The van der Waals surface area contributed by atoms with E-state index in [-0.39, 0.29) is 24.8 Å². The van der Waals surface area contributed by atoms with Crippen LogP contribution in [0.2, 0.25) is 0 Å². The number of nitrogens with one attached hydrogen (secondary N) is 1. The molecule has 8 nitrogen and oxygen atoms in total. The Balaban J connectivity index is 2.23. The molecule has 0 saturated heterocycles. The second-order valence-electron chi connectivity index (χ2n) is 8.05. The molecule has 8 heteroatoms. The average Bonchev–Trinajstić information content (AvgIpc) is 2.82. The Morgan fingerprint density at radius 1 is 1.28 bits per heavy atom. The van der Waals surface area contributed by atoms with Gasteiger partial charge in [-0.2, -0.15) is 5.10 Å². The topological polar surface area (TPSA) is 96.7 Å². The molecule has 1 aromatic rings. The van der Waals surface area contributed by atoms with E-state index in [1.807, 2.05) is 20.8 Å². The fourth-order valence-corrected chi connectivity index (χ4v) is 2.66. The third-order valence-corrected chi connectivity index (χ3v) is 3.96. The van der Waals surface area contributed by atoms with Crippen molar-refractivity contribution in [3.05, 3.63) is 17.0 Å². The van der Waals surface area contributed by atoms with Crippen LogP contribution in [0.4, 0.5) is 4.79 Å². The van der Waals surface area contributed by atoms with Crippen molar-refractivity contribution < 1.29 is 19.4 Å². The quantitative estimate of drug-likeness (QED) is 0.852. The van der Waals surface area contributed by atoms with E-state index in [0.29, 0.717) is 13.0 Å². The van der Waals surface area contributed by atoms with Crippen LogP contribution in [0.3, 0.4) is 0 Å². The molecule has 0 atom stereocenters. The molecule has 0 unspecified atom stereocenters. The van der Waals surface area contributed by atoms with Crippen LogP contribution in [-0.2, 0) is 24.8 Å². The molecule has 0 bridgehead atoms. The van der Waals surface area contributed by atoms with E-state index >= 15 is 0 Å². The summed E-state index contributed by atoms with van der Waals surface area (Å²) >= 11 is 0. The summed E-state index contributed by atoms with van der Waals surface area (Å²) in [7, 11) is 1.79. The molecule has 0 aliphatic carbocycles. The van der Waals surface area contributed by atoms with Crippen LogP contribution < -0.4 is 5.32 Å². The van der Waals surface area contributed by atoms with E-state index in [0.717, 1.165) is 11.3 Å². The molecule has 1 aromatic heterocycles. The normalized spacial score (nSPS) is 14.9. The van der Waals surface area contributed by atoms with Gasteiger partial charge in [0.05, 0.1) is 18.7 Å². The number of fused-ring (bicyclic) bond motifs is 1. The van der Waals surface area contributed by atoms with Crippen LogP contribution in [0.5, 0.6) is 0 Å². The Bertz CT molecular complexity index is 673. The van der Waals surface area contributed by atoms with Gasteiger partial charge in [-0.3, -0.25) is 9.48 Å². The molecule has 1 aliphatic heterocycles. The number of aliphatic hydroxyl groups is 1. The first-order valence-corrected chi connectivity index (χ1v) is 8.39. The third-order valence-electron chi connectivity index (χ3n) is 3.96. The lowest BCUT2D eigenvalue weighted by Crippen LogP contribution is -2.47. The van der Waals surface area contributed by atoms with Crippen LogP contribution in [0.1, 0.15) is 56.4 Å². The molecule has 0 saturated carbocycles. The summed E-state index contributed by atoms with van der Waals surface area (Å²) in [6.45, 7) is 9.53. The molecule has 2 heterocycles. The second-order valence-corrected chi connectivity index (χ2v) is 8.05. The predicted octanol–water partition coefficient (Wildman–Crippen LogP) is 1.21. The van der Waals surface area contributed by atoms with E-state index < -0.39 is 17.2 Å². The molecule has 2 N–H and O–H groups in total. The maximum atomic E-state index is 12.6. The number of ether oxygens (including phenoxy) is 1. The van der Waals surface area contributed by atoms with Crippen molar-refractivity contribution in [2.24, 2.45) is 7.05 Å². The number of amides is 2. The van der Waals surface area contributed by atoms with Crippen molar-refractivity contribution in [1.29, 1.82) is 0 Å². The molecule has 2 amide bonds. The van der Waals surface area contributed by atoms with Crippen LogP contribution in [-0.4, -0.2) is 56.1 Å². The Labute approximate surface area is 148 Å². The molecular weight excluding hydrogens is 324 g/mol. The highest BCUT2D eigenvalue weighted by Crippen LogP contribution is 2.24. The maximum absolute atomic E-state index is 12.6. The monoisotopic (exact) mass is 352 g/mol. The molecule has 140 valence electrons. The number of aliphatic hydroxyl groups excluding tert-OH is 1. The number of aromatic nitrogens is 2. The van der Waals surface area contributed by atoms with Crippen molar-refractivity contribution >= 4 is 12.0 Å². The fourth-order valence-electron chi connectivity index (χ4n) is 2.66. The fraction of sp³-hybridized carbons (Fsp3) is 0.706. The third kappa shape index (κ3) is 4.50. The molecule has 2 rings (SSSR count). The predicted molar refractivity (Wildman–Crippen MR) is 92.2 cm³/mol. The molecule has 25 heavy (non-hydrogen) atoms. The van der Waals surface area contributed by atoms with Gasteiger partial charge in [-0.1, -0.05) is 0 Å². The summed E-state index contributed by atoms with van der Waals surface area (Å²) in [5.74, 6) is -0.359. The van der Waals surface area contributed by atoms with Crippen LogP contribution >= 0.6 is 0 Å². The minimum atomic E-state index is -0.749. The van der Waals surface area contributed by atoms with Gasteiger partial charge in [-0.05, 0) is 34.6 Å². The zero-order chi connectivity index (χ0) is 19.0. The van der Waals surface area contributed by atoms with Gasteiger partial charge in [0.25, 0.3) is 5.91 Å². The highest BCUT2D eigenvalue weighted by molar-refractivity contribution is 5.94. The number of hydrogen-bond donors (Lipinski definition) is 2. The van der Waals surface area contributed by atoms with E-state index in [1.165, 1.54) is 0 Å². The maximum Gasteiger partial charge on any atom is 0.410 e. The molecule has 1 aliphatic rings.